The number of nitrogens with one attached hydrogen (secondary N) is 1. The van der Waals surface area contributed by atoms with Gasteiger partial charge in [-0.2, -0.15) is 0 Å². The quantitative estimate of drug-likeness (QED) is 0.843. The van der Waals surface area contributed by atoms with E-state index < -0.39 is 17.9 Å². The van der Waals surface area contributed by atoms with E-state index in [1.807, 2.05) is 13.8 Å². The summed E-state index contributed by atoms with van der Waals surface area (Å²) in [6.07, 6.45) is 0.485. The summed E-state index contributed by atoms with van der Waals surface area (Å²) < 4.78 is 17.9. The Bertz CT molecular complexity index is 500. The molecule has 0 aliphatic carbocycles. The van der Waals surface area contributed by atoms with E-state index in [4.69, 9.17) is 0 Å². The second kappa shape index (κ2) is 7.03. The maximum absolute atomic E-state index is 13.2. The van der Waals surface area contributed by atoms with Crippen LogP contribution in [-0.2, 0) is 9.53 Å². The molecule has 110 valence electrons. The van der Waals surface area contributed by atoms with Crippen LogP contribution in [0.25, 0.3) is 0 Å². The smallest absolute Gasteiger partial charge is 0.328 e. The molecule has 1 atom stereocenters. The highest BCUT2D eigenvalue weighted by Gasteiger charge is 2.23. The fraction of sp³-hybridized carbons (Fsp3) is 0.467. The molecule has 0 radical (unpaired) electrons. The van der Waals surface area contributed by atoms with Crippen LogP contribution in [-0.4, -0.2) is 25.0 Å². The van der Waals surface area contributed by atoms with Crippen molar-refractivity contribution in [3.8, 4) is 0 Å². The minimum absolute atomic E-state index is 0.231. The zero-order chi connectivity index (χ0) is 15.3. The first-order valence-corrected chi connectivity index (χ1v) is 6.50. The minimum atomic E-state index is -0.696. The number of benzene rings is 1. The van der Waals surface area contributed by atoms with Gasteiger partial charge in [-0.05, 0) is 43.0 Å². The molecular formula is C15H20FNO3. The van der Waals surface area contributed by atoms with E-state index >= 15 is 0 Å². The number of amides is 1. The predicted octanol–water partition coefficient (Wildman–Crippen LogP) is 2.45. The number of hydrogen-bond acceptors (Lipinski definition) is 3. The number of hydrogen-bond donors (Lipinski definition) is 1. The van der Waals surface area contributed by atoms with Gasteiger partial charge in [-0.1, -0.05) is 13.8 Å². The number of rotatable bonds is 5. The lowest BCUT2D eigenvalue weighted by Crippen LogP contribution is -2.42. The van der Waals surface area contributed by atoms with Gasteiger partial charge in [0.25, 0.3) is 5.91 Å². The maximum Gasteiger partial charge on any atom is 0.328 e. The van der Waals surface area contributed by atoms with Crippen molar-refractivity contribution in [1.29, 1.82) is 0 Å². The lowest BCUT2D eigenvalue weighted by Gasteiger charge is -2.18. The fourth-order valence-corrected chi connectivity index (χ4v) is 1.86. The number of methoxy groups -OCH3 is 1. The van der Waals surface area contributed by atoms with Crippen LogP contribution >= 0.6 is 0 Å². The van der Waals surface area contributed by atoms with Crippen molar-refractivity contribution in [3.63, 3.8) is 0 Å². The first kappa shape index (κ1) is 16.1. The largest absolute Gasteiger partial charge is 0.467 e. The lowest BCUT2D eigenvalue weighted by molar-refractivity contribution is -0.143. The molecule has 20 heavy (non-hydrogen) atoms. The fourth-order valence-electron chi connectivity index (χ4n) is 1.86. The Kier molecular flexibility index (Phi) is 5.67. The molecule has 0 bridgehead atoms. The van der Waals surface area contributed by atoms with Gasteiger partial charge in [0.05, 0.1) is 7.11 Å². The summed E-state index contributed by atoms with van der Waals surface area (Å²) in [6.45, 7) is 5.48. The number of ether oxygens (including phenoxy) is 1. The van der Waals surface area contributed by atoms with E-state index in [1.54, 1.807) is 6.92 Å². The van der Waals surface area contributed by atoms with Gasteiger partial charge in [-0.15, -0.1) is 0 Å². The van der Waals surface area contributed by atoms with Gasteiger partial charge in [-0.25, -0.2) is 9.18 Å². The van der Waals surface area contributed by atoms with Crippen LogP contribution < -0.4 is 5.32 Å². The average Bonchev–Trinajstić information content (AvgIpc) is 2.39. The van der Waals surface area contributed by atoms with Crippen LogP contribution in [0.4, 0.5) is 4.39 Å². The molecule has 0 aliphatic rings. The molecule has 0 spiro atoms. The Hall–Kier alpha value is -1.91. The van der Waals surface area contributed by atoms with Crippen LogP contribution in [0.2, 0.25) is 0 Å². The van der Waals surface area contributed by atoms with Crippen molar-refractivity contribution < 1.29 is 18.7 Å². The molecule has 4 nitrogen and oxygen atoms in total. The van der Waals surface area contributed by atoms with E-state index in [2.05, 4.69) is 10.1 Å². The summed E-state index contributed by atoms with van der Waals surface area (Å²) >= 11 is 0. The normalized spacial score (nSPS) is 12.1. The first-order chi connectivity index (χ1) is 9.35. The summed E-state index contributed by atoms with van der Waals surface area (Å²) in [5.74, 6) is -1.03. The third-order valence-corrected chi connectivity index (χ3v) is 2.92. The molecule has 0 fully saturated rings. The van der Waals surface area contributed by atoms with E-state index in [0.29, 0.717) is 17.5 Å². The zero-order valence-corrected chi connectivity index (χ0v) is 12.2. The highest BCUT2D eigenvalue weighted by Crippen LogP contribution is 2.11. The van der Waals surface area contributed by atoms with E-state index in [0.717, 1.165) is 0 Å². The third-order valence-electron chi connectivity index (χ3n) is 2.92. The Morgan fingerprint density at radius 2 is 2.00 bits per heavy atom. The van der Waals surface area contributed by atoms with Crippen LogP contribution in [0.5, 0.6) is 0 Å². The van der Waals surface area contributed by atoms with E-state index in [-0.39, 0.29) is 11.7 Å². The summed E-state index contributed by atoms with van der Waals surface area (Å²) in [4.78, 5) is 23.7. The SMILES string of the molecule is COC(=O)[C@@H](CC(C)C)NC(=O)c1ccc(F)c(C)c1. The van der Waals surface area contributed by atoms with Crippen LogP contribution in [0, 0.1) is 18.7 Å². The Morgan fingerprint density at radius 3 is 2.50 bits per heavy atom. The number of esters is 1. The molecule has 0 aliphatic heterocycles. The maximum atomic E-state index is 13.2. The van der Waals surface area contributed by atoms with Gasteiger partial charge < -0.3 is 10.1 Å². The Balaban J connectivity index is 2.84. The minimum Gasteiger partial charge on any atom is -0.467 e. The van der Waals surface area contributed by atoms with Crippen molar-refractivity contribution in [3.05, 3.63) is 35.1 Å². The average molecular weight is 281 g/mol. The number of aryl methyl sites for hydroxylation is 1. The zero-order valence-electron chi connectivity index (χ0n) is 12.2. The molecule has 5 heteroatoms. The van der Waals surface area contributed by atoms with Gasteiger partial charge in [-0.3, -0.25) is 4.79 Å². The molecule has 1 amide bonds. The molecule has 1 N–H and O–H groups in total. The first-order valence-electron chi connectivity index (χ1n) is 6.50. The molecule has 0 aromatic heterocycles. The number of halogens is 1. The molecule has 0 saturated heterocycles. The molecule has 0 saturated carbocycles. The molecule has 0 heterocycles. The molecular weight excluding hydrogens is 261 g/mol. The molecule has 0 unspecified atom stereocenters. The summed E-state index contributed by atoms with van der Waals surface area (Å²) in [7, 11) is 1.28. The monoisotopic (exact) mass is 281 g/mol. The van der Waals surface area contributed by atoms with Crippen molar-refractivity contribution in [2.24, 2.45) is 5.92 Å². The molecule has 1 aromatic rings. The van der Waals surface area contributed by atoms with Gasteiger partial charge in [0.1, 0.15) is 11.9 Å². The van der Waals surface area contributed by atoms with Gasteiger partial charge in [0.2, 0.25) is 0 Å². The Labute approximate surface area is 118 Å². The molecule has 1 rings (SSSR count). The van der Waals surface area contributed by atoms with Crippen LogP contribution in [0.1, 0.15) is 36.2 Å². The van der Waals surface area contributed by atoms with Crippen molar-refractivity contribution >= 4 is 11.9 Å². The van der Waals surface area contributed by atoms with Crippen LogP contribution in [0.15, 0.2) is 18.2 Å². The number of carbonyl (C=O) groups is 2. The van der Waals surface area contributed by atoms with Crippen LogP contribution in [0.3, 0.4) is 0 Å². The van der Waals surface area contributed by atoms with Crippen molar-refractivity contribution in [1.82, 2.24) is 5.32 Å². The lowest BCUT2D eigenvalue weighted by atomic mass is 10.0. The number of carbonyl (C=O) groups excluding carboxylic acids is 2. The third kappa shape index (κ3) is 4.33. The summed E-state index contributed by atoms with van der Waals surface area (Å²) in [6, 6.07) is 3.38. The predicted molar refractivity (Wildman–Crippen MR) is 73.9 cm³/mol. The standard InChI is InChI=1S/C15H20FNO3/c1-9(2)7-13(15(19)20-4)17-14(18)11-5-6-12(16)10(3)8-11/h5-6,8-9,13H,7H2,1-4H3,(H,17,18)/t13-/m1/s1. The van der Waals surface area contributed by atoms with E-state index in [1.165, 1.54) is 25.3 Å². The molecule has 1 aromatic carbocycles. The second-order valence-corrected chi connectivity index (χ2v) is 5.14. The Morgan fingerprint density at radius 1 is 1.35 bits per heavy atom. The van der Waals surface area contributed by atoms with E-state index in [9.17, 15) is 14.0 Å². The topological polar surface area (TPSA) is 55.4 Å². The van der Waals surface area contributed by atoms with Crippen molar-refractivity contribution in [2.75, 3.05) is 7.11 Å². The van der Waals surface area contributed by atoms with Gasteiger partial charge >= 0.3 is 5.97 Å². The summed E-state index contributed by atoms with van der Waals surface area (Å²) in [5.41, 5.74) is 0.706. The van der Waals surface area contributed by atoms with Crippen molar-refractivity contribution in [2.45, 2.75) is 33.2 Å². The highest BCUT2D eigenvalue weighted by atomic mass is 19.1. The second-order valence-electron chi connectivity index (χ2n) is 5.14. The highest BCUT2D eigenvalue weighted by molar-refractivity contribution is 5.96. The van der Waals surface area contributed by atoms with Gasteiger partial charge in [0, 0.05) is 5.56 Å². The van der Waals surface area contributed by atoms with Gasteiger partial charge in [0.15, 0.2) is 0 Å². The summed E-state index contributed by atoms with van der Waals surface area (Å²) in [5, 5.41) is 2.63.